The SMILES string of the molecule is C/C(=C\c1cccc(Cl)c1)[N+](=O)[O-]. The van der Waals surface area contributed by atoms with E-state index in [0.29, 0.717) is 5.02 Å². The molecule has 68 valence electrons. The van der Waals surface area contributed by atoms with E-state index in [9.17, 15) is 10.1 Å². The molecule has 1 rings (SSSR count). The van der Waals surface area contributed by atoms with Gasteiger partial charge in [0.25, 0.3) is 0 Å². The highest BCUT2D eigenvalue weighted by molar-refractivity contribution is 6.30. The van der Waals surface area contributed by atoms with Gasteiger partial charge in [0.2, 0.25) is 5.70 Å². The molecule has 0 aliphatic carbocycles. The largest absolute Gasteiger partial charge is 0.259 e. The molecular formula is C9H8ClNO2. The molecule has 0 N–H and O–H groups in total. The molecule has 0 heterocycles. The molecule has 0 fully saturated rings. The van der Waals surface area contributed by atoms with Gasteiger partial charge in [-0.2, -0.15) is 0 Å². The minimum atomic E-state index is -0.430. The van der Waals surface area contributed by atoms with Crippen LogP contribution in [0.5, 0.6) is 0 Å². The van der Waals surface area contributed by atoms with Gasteiger partial charge in [-0.3, -0.25) is 10.1 Å². The van der Waals surface area contributed by atoms with Crippen molar-refractivity contribution < 1.29 is 4.92 Å². The summed E-state index contributed by atoms with van der Waals surface area (Å²) in [5.74, 6) is 0. The molecule has 13 heavy (non-hydrogen) atoms. The zero-order valence-corrected chi connectivity index (χ0v) is 7.78. The summed E-state index contributed by atoms with van der Waals surface area (Å²) in [5.41, 5.74) is 0.837. The van der Waals surface area contributed by atoms with E-state index in [0.717, 1.165) is 5.56 Å². The maximum absolute atomic E-state index is 10.3. The van der Waals surface area contributed by atoms with Gasteiger partial charge in [0.05, 0.1) is 4.92 Å². The van der Waals surface area contributed by atoms with Gasteiger partial charge in [0, 0.05) is 18.0 Å². The number of hydrogen-bond acceptors (Lipinski definition) is 2. The lowest BCUT2D eigenvalue weighted by molar-refractivity contribution is -0.422. The van der Waals surface area contributed by atoms with E-state index in [1.165, 1.54) is 13.0 Å². The lowest BCUT2D eigenvalue weighted by Crippen LogP contribution is -1.92. The van der Waals surface area contributed by atoms with Crippen molar-refractivity contribution in [3.05, 3.63) is 50.7 Å². The summed E-state index contributed by atoms with van der Waals surface area (Å²) in [6.45, 7) is 1.45. The average Bonchev–Trinajstić information content (AvgIpc) is 2.04. The number of halogens is 1. The van der Waals surface area contributed by atoms with Crippen LogP contribution < -0.4 is 0 Å². The van der Waals surface area contributed by atoms with Crippen LogP contribution in [0.4, 0.5) is 0 Å². The first kappa shape index (κ1) is 9.74. The third-order valence-corrected chi connectivity index (χ3v) is 1.75. The van der Waals surface area contributed by atoms with Crippen LogP contribution >= 0.6 is 11.6 Å². The Morgan fingerprint density at radius 1 is 1.62 bits per heavy atom. The number of rotatable bonds is 2. The number of allylic oxidation sites excluding steroid dienone is 1. The van der Waals surface area contributed by atoms with Crippen LogP contribution in [0.25, 0.3) is 6.08 Å². The molecule has 0 aliphatic rings. The second kappa shape index (κ2) is 4.05. The van der Waals surface area contributed by atoms with Gasteiger partial charge in [0.1, 0.15) is 0 Å². The van der Waals surface area contributed by atoms with Gasteiger partial charge in [0.15, 0.2) is 0 Å². The highest BCUT2D eigenvalue weighted by Gasteiger charge is 2.01. The second-order valence-electron chi connectivity index (χ2n) is 2.60. The molecule has 1 aromatic carbocycles. The van der Waals surface area contributed by atoms with Crippen molar-refractivity contribution in [2.45, 2.75) is 6.92 Å². The smallest absolute Gasteiger partial charge is 0.243 e. The molecule has 0 aliphatic heterocycles. The van der Waals surface area contributed by atoms with Crippen LogP contribution in [0.1, 0.15) is 12.5 Å². The summed E-state index contributed by atoms with van der Waals surface area (Å²) < 4.78 is 0. The lowest BCUT2D eigenvalue weighted by Gasteiger charge is -1.93. The lowest BCUT2D eigenvalue weighted by atomic mass is 10.2. The molecule has 0 saturated heterocycles. The molecule has 0 saturated carbocycles. The van der Waals surface area contributed by atoms with Crippen LogP contribution in [-0.4, -0.2) is 4.92 Å². The molecule has 0 radical (unpaired) electrons. The first-order valence-corrected chi connectivity index (χ1v) is 4.05. The first-order valence-electron chi connectivity index (χ1n) is 3.68. The molecule has 4 heteroatoms. The zero-order valence-electron chi connectivity index (χ0n) is 7.03. The second-order valence-corrected chi connectivity index (χ2v) is 3.03. The fourth-order valence-electron chi connectivity index (χ4n) is 0.890. The predicted molar refractivity (Wildman–Crippen MR) is 52.1 cm³/mol. The van der Waals surface area contributed by atoms with E-state index < -0.39 is 4.92 Å². The van der Waals surface area contributed by atoms with E-state index in [1.54, 1.807) is 24.3 Å². The minimum absolute atomic E-state index is 0.0993. The minimum Gasteiger partial charge on any atom is -0.259 e. The molecule has 1 aromatic rings. The Balaban J connectivity index is 2.97. The third kappa shape index (κ3) is 2.87. The Morgan fingerprint density at radius 2 is 2.31 bits per heavy atom. The van der Waals surface area contributed by atoms with Crippen molar-refractivity contribution in [3.63, 3.8) is 0 Å². The number of nitrogens with zero attached hydrogens (tertiary/aromatic N) is 1. The van der Waals surface area contributed by atoms with Crippen molar-refractivity contribution in [3.8, 4) is 0 Å². The van der Waals surface area contributed by atoms with Gasteiger partial charge in [-0.05, 0) is 17.7 Å². The van der Waals surface area contributed by atoms with E-state index in [-0.39, 0.29) is 5.70 Å². The number of benzene rings is 1. The average molecular weight is 198 g/mol. The Bertz CT molecular complexity index is 360. The number of hydrogen-bond donors (Lipinski definition) is 0. The van der Waals surface area contributed by atoms with Gasteiger partial charge >= 0.3 is 0 Å². The zero-order chi connectivity index (χ0) is 9.84. The fraction of sp³-hybridized carbons (Fsp3) is 0.111. The normalized spacial score (nSPS) is 11.4. The van der Waals surface area contributed by atoms with E-state index in [2.05, 4.69) is 0 Å². The third-order valence-electron chi connectivity index (χ3n) is 1.51. The molecule has 0 aromatic heterocycles. The van der Waals surface area contributed by atoms with Gasteiger partial charge in [-0.25, -0.2) is 0 Å². The first-order chi connectivity index (χ1) is 6.09. The molecule has 0 spiro atoms. The molecule has 0 bridgehead atoms. The monoisotopic (exact) mass is 197 g/mol. The van der Waals surface area contributed by atoms with E-state index in [4.69, 9.17) is 11.6 Å². The van der Waals surface area contributed by atoms with E-state index >= 15 is 0 Å². The highest BCUT2D eigenvalue weighted by atomic mass is 35.5. The molecular weight excluding hydrogens is 190 g/mol. The Hall–Kier alpha value is -1.35. The van der Waals surface area contributed by atoms with Crippen molar-refractivity contribution in [1.82, 2.24) is 0 Å². The summed E-state index contributed by atoms with van der Waals surface area (Å²) in [6, 6.07) is 6.91. The molecule has 0 unspecified atom stereocenters. The fourth-order valence-corrected chi connectivity index (χ4v) is 1.09. The Labute approximate surface area is 80.8 Å². The van der Waals surface area contributed by atoms with Crippen LogP contribution in [0.15, 0.2) is 30.0 Å². The van der Waals surface area contributed by atoms with Crippen molar-refractivity contribution in [1.29, 1.82) is 0 Å². The van der Waals surface area contributed by atoms with Crippen LogP contribution in [0.2, 0.25) is 5.02 Å². The van der Waals surface area contributed by atoms with Gasteiger partial charge in [-0.15, -0.1) is 0 Å². The Morgan fingerprint density at radius 3 is 2.85 bits per heavy atom. The van der Waals surface area contributed by atoms with Crippen molar-refractivity contribution >= 4 is 17.7 Å². The maximum Gasteiger partial charge on any atom is 0.243 e. The summed E-state index contributed by atoms with van der Waals surface area (Å²) in [5, 5.41) is 10.9. The highest BCUT2D eigenvalue weighted by Crippen LogP contribution is 2.13. The molecule has 0 atom stereocenters. The maximum atomic E-state index is 10.3. The van der Waals surface area contributed by atoms with Gasteiger partial charge in [-0.1, -0.05) is 23.7 Å². The van der Waals surface area contributed by atoms with Crippen LogP contribution in [-0.2, 0) is 0 Å². The quantitative estimate of drug-likeness (QED) is 0.540. The predicted octanol–water partition coefficient (Wildman–Crippen LogP) is 2.98. The van der Waals surface area contributed by atoms with E-state index in [1.807, 2.05) is 0 Å². The van der Waals surface area contributed by atoms with Gasteiger partial charge < -0.3 is 0 Å². The Kier molecular flexibility index (Phi) is 3.03. The number of nitro groups is 1. The summed E-state index contributed by atoms with van der Waals surface area (Å²) in [7, 11) is 0. The summed E-state index contributed by atoms with van der Waals surface area (Å²) >= 11 is 5.71. The topological polar surface area (TPSA) is 43.1 Å². The molecule has 3 nitrogen and oxygen atoms in total. The standard InChI is InChI=1S/C9H8ClNO2/c1-7(11(12)13)5-8-3-2-4-9(10)6-8/h2-6H,1H3/b7-5+. The van der Waals surface area contributed by atoms with Crippen molar-refractivity contribution in [2.24, 2.45) is 0 Å². The summed E-state index contributed by atoms with van der Waals surface area (Å²) in [6.07, 6.45) is 1.48. The molecule has 0 amide bonds. The van der Waals surface area contributed by atoms with Crippen LogP contribution in [0, 0.1) is 10.1 Å². The summed E-state index contributed by atoms with van der Waals surface area (Å²) in [4.78, 5) is 9.86. The van der Waals surface area contributed by atoms with Crippen LogP contribution in [0.3, 0.4) is 0 Å². The van der Waals surface area contributed by atoms with Crippen molar-refractivity contribution in [2.75, 3.05) is 0 Å².